The van der Waals surface area contributed by atoms with Gasteiger partial charge in [0.15, 0.2) is 0 Å². The van der Waals surface area contributed by atoms with Gasteiger partial charge in [0, 0.05) is 6.42 Å². The lowest BCUT2D eigenvalue weighted by atomic mass is 10.5. The molecule has 0 saturated carbocycles. The fourth-order valence-electron chi connectivity index (χ4n) is 0.775. The van der Waals surface area contributed by atoms with Crippen molar-refractivity contribution in [3.05, 3.63) is 0 Å². The second-order valence-corrected chi connectivity index (χ2v) is 2.21. The summed E-state index contributed by atoms with van der Waals surface area (Å²) in [4.78, 5) is 9.88. The number of hydrogen-bond acceptors (Lipinski definition) is 4. The summed E-state index contributed by atoms with van der Waals surface area (Å²) in [5.41, 5.74) is 0. The van der Waals surface area contributed by atoms with Gasteiger partial charge in [-0.15, -0.1) is 0 Å². The van der Waals surface area contributed by atoms with Crippen LogP contribution in [0.2, 0.25) is 0 Å². The molecule has 64 valence electrons. The summed E-state index contributed by atoms with van der Waals surface area (Å²) in [7, 11) is 0. The molecule has 0 aromatic heterocycles. The van der Waals surface area contributed by atoms with Gasteiger partial charge in [0.2, 0.25) is 0 Å². The van der Waals surface area contributed by atoms with Crippen molar-refractivity contribution in [1.82, 2.24) is 0 Å². The van der Waals surface area contributed by atoms with Gasteiger partial charge >= 0.3 is 0 Å². The summed E-state index contributed by atoms with van der Waals surface area (Å²) in [6.07, 6.45) is 2.11. The zero-order valence-electron chi connectivity index (χ0n) is 6.32. The molecule has 4 heteroatoms. The second-order valence-electron chi connectivity index (χ2n) is 2.21. The molecule has 1 fully saturated rings. The van der Waals surface area contributed by atoms with E-state index in [-0.39, 0.29) is 0 Å². The van der Waals surface area contributed by atoms with Gasteiger partial charge in [-0.2, -0.15) is 0 Å². The first-order chi connectivity index (χ1) is 5.43. The maximum absolute atomic E-state index is 9.88. The molecule has 1 rings (SSSR count). The van der Waals surface area contributed by atoms with Crippen LogP contribution in [0.5, 0.6) is 0 Å². The standard InChI is InChI=1S/C7H12O4/c8-3-1-4-9-7-10-5-2-6-11-7/h3,7H,1-2,4-6H2. The first-order valence-corrected chi connectivity index (χ1v) is 3.72. The molecule has 1 heterocycles. The number of carbonyl (C=O) groups is 1. The summed E-state index contributed by atoms with van der Waals surface area (Å²) in [5, 5.41) is 0. The van der Waals surface area contributed by atoms with E-state index in [4.69, 9.17) is 14.2 Å². The Labute approximate surface area is 65.4 Å². The molecule has 0 aromatic carbocycles. The second kappa shape index (κ2) is 5.23. The van der Waals surface area contributed by atoms with Crippen molar-refractivity contribution < 1.29 is 19.0 Å². The molecule has 0 amide bonds. The molecule has 0 aliphatic carbocycles. The molecule has 1 aliphatic rings. The number of rotatable bonds is 4. The van der Waals surface area contributed by atoms with Crippen molar-refractivity contribution in [1.29, 1.82) is 0 Å². The van der Waals surface area contributed by atoms with Crippen molar-refractivity contribution in [3.8, 4) is 0 Å². The van der Waals surface area contributed by atoms with Gasteiger partial charge in [-0.1, -0.05) is 0 Å². The Balaban J connectivity index is 2.00. The molecule has 4 nitrogen and oxygen atoms in total. The molecule has 0 aromatic rings. The van der Waals surface area contributed by atoms with E-state index in [1.807, 2.05) is 0 Å². The van der Waals surface area contributed by atoms with Gasteiger partial charge in [-0.3, -0.25) is 0 Å². The van der Waals surface area contributed by atoms with Gasteiger partial charge < -0.3 is 19.0 Å². The van der Waals surface area contributed by atoms with E-state index in [0.717, 1.165) is 12.7 Å². The molecular weight excluding hydrogens is 148 g/mol. The quantitative estimate of drug-likeness (QED) is 0.438. The van der Waals surface area contributed by atoms with Crippen molar-refractivity contribution in [3.63, 3.8) is 0 Å². The van der Waals surface area contributed by atoms with Crippen molar-refractivity contribution in [2.75, 3.05) is 19.8 Å². The highest BCUT2D eigenvalue weighted by Crippen LogP contribution is 2.05. The molecule has 0 radical (unpaired) electrons. The summed E-state index contributed by atoms with van der Waals surface area (Å²) < 4.78 is 15.2. The van der Waals surface area contributed by atoms with Crippen molar-refractivity contribution in [2.24, 2.45) is 0 Å². The normalized spacial score (nSPS) is 20.0. The Hall–Kier alpha value is -0.450. The topological polar surface area (TPSA) is 44.8 Å². The summed E-state index contributed by atoms with van der Waals surface area (Å²) in [6, 6.07) is 0. The summed E-state index contributed by atoms with van der Waals surface area (Å²) >= 11 is 0. The number of carbonyl (C=O) groups excluding carboxylic acids is 1. The van der Waals surface area contributed by atoms with Crippen LogP contribution in [-0.2, 0) is 19.0 Å². The predicted molar refractivity (Wildman–Crippen MR) is 36.9 cm³/mol. The van der Waals surface area contributed by atoms with Gasteiger partial charge in [-0.25, -0.2) is 0 Å². The van der Waals surface area contributed by atoms with Crippen molar-refractivity contribution >= 4 is 6.29 Å². The summed E-state index contributed by atoms with van der Waals surface area (Å²) in [6.45, 7) is 1.16. The van der Waals surface area contributed by atoms with E-state index in [2.05, 4.69) is 0 Å². The molecule has 1 aliphatic heterocycles. The molecule has 0 unspecified atom stereocenters. The van der Waals surface area contributed by atoms with Crippen LogP contribution in [0.3, 0.4) is 0 Å². The average molecular weight is 160 g/mol. The van der Waals surface area contributed by atoms with Crippen LogP contribution in [0.4, 0.5) is 0 Å². The maximum atomic E-state index is 9.88. The lowest BCUT2D eigenvalue weighted by molar-refractivity contribution is -0.309. The molecular formula is C7H12O4. The molecule has 1 saturated heterocycles. The SMILES string of the molecule is O=CCCOC1OCCCO1. The Morgan fingerprint density at radius 1 is 1.45 bits per heavy atom. The van der Waals surface area contributed by atoms with Gasteiger partial charge in [-0.05, 0) is 6.42 Å². The number of hydrogen-bond donors (Lipinski definition) is 0. The Morgan fingerprint density at radius 2 is 2.18 bits per heavy atom. The first-order valence-electron chi connectivity index (χ1n) is 3.72. The van der Waals surface area contributed by atoms with Gasteiger partial charge in [0.25, 0.3) is 6.48 Å². The lowest BCUT2D eigenvalue weighted by Crippen LogP contribution is -2.27. The smallest absolute Gasteiger partial charge is 0.271 e. The zero-order valence-corrected chi connectivity index (χ0v) is 6.32. The highest BCUT2D eigenvalue weighted by molar-refractivity contribution is 5.49. The van der Waals surface area contributed by atoms with Crippen LogP contribution in [0.1, 0.15) is 12.8 Å². The average Bonchev–Trinajstić information content (AvgIpc) is 2.07. The lowest BCUT2D eigenvalue weighted by Gasteiger charge is -2.22. The first kappa shape index (κ1) is 8.64. The summed E-state index contributed by atoms with van der Waals surface area (Å²) in [5.74, 6) is 0. The van der Waals surface area contributed by atoms with E-state index in [9.17, 15) is 4.79 Å². The third-order valence-electron chi connectivity index (χ3n) is 1.29. The predicted octanol–water partition coefficient (Wildman–Crippen LogP) is 0.312. The molecule has 11 heavy (non-hydrogen) atoms. The van der Waals surface area contributed by atoms with Crippen LogP contribution in [0, 0.1) is 0 Å². The minimum absolute atomic E-state index is 0.369. The van der Waals surface area contributed by atoms with Gasteiger partial charge in [0.1, 0.15) is 6.29 Å². The number of aldehydes is 1. The van der Waals surface area contributed by atoms with E-state index >= 15 is 0 Å². The molecule has 0 N–H and O–H groups in total. The third kappa shape index (κ3) is 3.46. The molecule has 0 spiro atoms. The highest BCUT2D eigenvalue weighted by Gasteiger charge is 2.13. The Kier molecular flexibility index (Phi) is 4.11. The third-order valence-corrected chi connectivity index (χ3v) is 1.29. The van der Waals surface area contributed by atoms with E-state index in [1.54, 1.807) is 0 Å². The fourth-order valence-corrected chi connectivity index (χ4v) is 0.775. The molecule has 0 bridgehead atoms. The van der Waals surface area contributed by atoms with E-state index in [0.29, 0.717) is 26.2 Å². The minimum atomic E-state index is -0.552. The highest BCUT2D eigenvalue weighted by atomic mass is 16.8. The largest absolute Gasteiger partial charge is 0.330 e. The minimum Gasteiger partial charge on any atom is -0.330 e. The van der Waals surface area contributed by atoms with E-state index in [1.165, 1.54) is 0 Å². The molecule has 0 atom stereocenters. The Bertz CT molecular complexity index is 109. The van der Waals surface area contributed by atoms with Crippen LogP contribution in [-0.4, -0.2) is 32.6 Å². The fraction of sp³-hybridized carbons (Fsp3) is 0.857. The van der Waals surface area contributed by atoms with Crippen LogP contribution < -0.4 is 0 Å². The maximum Gasteiger partial charge on any atom is 0.271 e. The Morgan fingerprint density at radius 3 is 2.82 bits per heavy atom. The van der Waals surface area contributed by atoms with Crippen LogP contribution in [0.15, 0.2) is 0 Å². The zero-order chi connectivity index (χ0) is 7.94. The monoisotopic (exact) mass is 160 g/mol. The van der Waals surface area contributed by atoms with Crippen molar-refractivity contribution in [2.45, 2.75) is 19.3 Å². The van der Waals surface area contributed by atoms with Crippen LogP contribution in [0.25, 0.3) is 0 Å². The van der Waals surface area contributed by atoms with Gasteiger partial charge in [0.05, 0.1) is 19.8 Å². The van der Waals surface area contributed by atoms with Crippen LogP contribution >= 0.6 is 0 Å². The van der Waals surface area contributed by atoms with E-state index < -0.39 is 6.48 Å². The number of ether oxygens (including phenoxy) is 3.